The number of likely N-dealkylation sites (tertiary alicyclic amines) is 1. The predicted octanol–water partition coefficient (Wildman–Crippen LogP) is 3.57. The summed E-state index contributed by atoms with van der Waals surface area (Å²) in [5.41, 5.74) is 1.37. The van der Waals surface area contributed by atoms with Gasteiger partial charge in [-0.25, -0.2) is 4.79 Å². The van der Waals surface area contributed by atoms with E-state index in [1.807, 2.05) is 0 Å². The summed E-state index contributed by atoms with van der Waals surface area (Å²) in [6, 6.07) is 11.0. The molecule has 0 radical (unpaired) electrons. The van der Waals surface area contributed by atoms with Crippen molar-refractivity contribution in [3.63, 3.8) is 0 Å². The van der Waals surface area contributed by atoms with Gasteiger partial charge >= 0.3 is 6.09 Å². The second-order valence-corrected chi connectivity index (χ2v) is 6.93. The molecule has 1 amide bonds. The number of rotatable bonds is 5. The van der Waals surface area contributed by atoms with Crippen LogP contribution in [-0.2, 0) is 11.3 Å². The van der Waals surface area contributed by atoms with Crippen molar-refractivity contribution in [1.29, 1.82) is 0 Å². The predicted molar refractivity (Wildman–Crippen MR) is 91.2 cm³/mol. The number of carbonyl (C=O) groups is 1. The van der Waals surface area contributed by atoms with Gasteiger partial charge in [-0.3, -0.25) is 4.90 Å². The maximum atomic E-state index is 11.8. The van der Waals surface area contributed by atoms with Crippen LogP contribution in [0.5, 0.6) is 0 Å². The molecule has 2 fully saturated rings. The van der Waals surface area contributed by atoms with Crippen molar-refractivity contribution in [2.45, 2.75) is 51.1 Å². The zero-order valence-electron chi connectivity index (χ0n) is 13.9. The average Bonchev–Trinajstić information content (AvgIpc) is 3.08. The average molecular weight is 316 g/mol. The Hall–Kier alpha value is -1.55. The van der Waals surface area contributed by atoms with Crippen molar-refractivity contribution < 1.29 is 9.53 Å². The monoisotopic (exact) mass is 316 g/mol. The van der Waals surface area contributed by atoms with E-state index in [9.17, 15) is 4.79 Å². The first-order valence-electron chi connectivity index (χ1n) is 8.99. The Morgan fingerprint density at radius 3 is 2.48 bits per heavy atom. The van der Waals surface area contributed by atoms with Crippen LogP contribution in [0.3, 0.4) is 0 Å². The third kappa shape index (κ3) is 5.24. The van der Waals surface area contributed by atoms with Gasteiger partial charge in [0.05, 0.1) is 6.61 Å². The number of nitrogens with zero attached hydrogens (tertiary/aromatic N) is 1. The van der Waals surface area contributed by atoms with Crippen molar-refractivity contribution in [2.75, 3.05) is 19.7 Å². The molecule has 3 rings (SSSR count). The van der Waals surface area contributed by atoms with Crippen LogP contribution in [0.1, 0.15) is 44.1 Å². The summed E-state index contributed by atoms with van der Waals surface area (Å²) in [5.74, 6) is 0.511. The van der Waals surface area contributed by atoms with E-state index in [1.54, 1.807) is 0 Å². The molecule has 4 nitrogen and oxygen atoms in total. The number of benzene rings is 1. The number of carbonyl (C=O) groups excluding carboxylic acids is 1. The number of alkyl carbamates (subject to hydrolysis) is 1. The van der Waals surface area contributed by atoms with Gasteiger partial charge in [-0.05, 0) is 50.3 Å². The SMILES string of the molecule is O=C(NC1CCCC1)OCC1CCN(Cc2ccccc2)CC1. The Balaban J connectivity index is 1.32. The van der Waals surface area contributed by atoms with Gasteiger partial charge in [0.25, 0.3) is 0 Å². The largest absolute Gasteiger partial charge is 0.449 e. The lowest BCUT2D eigenvalue weighted by molar-refractivity contribution is 0.0924. The molecule has 1 aromatic rings. The number of amides is 1. The Kier molecular flexibility index (Phi) is 5.92. The number of piperidine rings is 1. The number of hydrogen-bond donors (Lipinski definition) is 1. The summed E-state index contributed by atoms with van der Waals surface area (Å²) in [5, 5.41) is 2.99. The molecule has 0 spiro atoms. The Morgan fingerprint density at radius 1 is 1.09 bits per heavy atom. The van der Waals surface area contributed by atoms with Crippen molar-refractivity contribution in [3.8, 4) is 0 Å². The maximum absolute atomic E-state index is 11.8. The molecular formula is C19H28N2O2. The van der Waals surface area contributed by atoms with E-state index in [0.717, 1.165) is 45.3 Å². The minimum absolute atomic E-state index is 0.219. The Morgan fingerprint density at radius 2 is 1.78 bits per heavy atom. The van der Waals surface area contributed by atoms with Gasteiger partial charge in [-0.1, -0.05) is 43.2 Å². The summed E-state index contributed by atoms with van der Waals surface area (Å²) >= 11 is 0. The fourth-order valence-corrected chi connectivity index (χ4v) is 3.62. The van der Waals surface area contributed by atoms with Crippen LogP contribution in [0.2, 0.25) is 0 Å². The van der Waals surface area contributed by atoms with Gasteiger partial charge in [0.1, 0.15) is 0 Å². The second kappa shape index (κ2) is 8.34. The van der Waals surface area contributed by atoms with E-state index in [-0.39, 0.29) is 6.09 Å². The Labute approximate surface area is 139 Å². The first kappa shape index (κ1) is 16.3. The van der Waals surface area contributed by atoms with Crippen LogP contribution in [-0.4, -0.2) is 36.7 Å². The first-order valence-corrected chi connectivity index (χ1v) is 8.99. The molecule has 0 unspecified atom stereocenters. The van der Waals surface area contributed by atoms with Crippen molar-refractivity contribution in [1.82, 2.24) is 10.2 Å². The molecule has 1 aromatic carbocycles. The fraction of sp³-hybridized carbons (Fsp3) is 0.632. The number of hydrogen-bond acceptors (Lipinski definition) is 3. The molecule has 0 bridgehead atoms. The molecule has 1 aliphatic carbocycles. The highest BCUT2D eigenvalue weighted by atomic mass is 16.5. The van der Waals surface area contributed by atoms with Crippen LogP contribution in [0.25, 0.3) is 0 Å². The highest BCUT2D eigenvalue weighted by Gasteiger charge is 2.22. The van der Waals surface area contributed by atoms with Crippen LogP contribution in [0.15, 0.2) is 30.3 Å². The second-order valence-electron chi connectivity index (χ2n) is 6.93. The summed E-state index contributed by atoms with van der Waals surface area (Å²) in [7, 11) is 0. The highest BCUT2D eigenvalue weighted by Crippen LogP contribution is 2.20. The van der Waals surface area contributed by atoms with E-state index in [2.05, 4.69) is 40.5 Å². The third-order valence-corrected chi connectivity index (χ3v) is 5.08. The van der Waals surface area contributed by atoms with E-state index in [1.165, 1.54) is 18.4 Å². The molecule has 126 valence electrons. The van der Waals surface area contributed by atoms with E-state index in [0.29, 0.717) is 18.6 Å². The summed E-state index contributed by atoms with van der Waals surface area (Å²) in [6.45, 7) is 3.77. The molecule has 23 heavy (non-hydrogen) atoms. The summed E-state index contributed by atoms with van der Waals surface area (Å²) in [4.78, 5) is 14.3. The van der Waals surface area contributed by atoms with Crippen molar-refractivity contribution in [2.24, 2.45) is 5.92 Å². The van der Waals surface area contributed by atoms with E-state index < -0.39 is 0 Å². The van der Waals surface area contributed by atoms with Crippen LogP contribution in [0, 0.1) is 5.92 Å². The maximum Gasteiger partial charge on any atom is 0.407 e. The standard InChI is InChI=1S/C19H28N2O2/c22-19(20-18-8-4-5-9-18)23-15-17-10-12-21(13-11-17)14-16-6-2-1-3-7-16/h1-3,6-7,17-18H,4-5,8-15H2,(H,20,22). The lowest BCUT2D eigenvalue weighted by atomic mass is 9.97. The summed E-state index contributed by atoms with van der Waals surface area (Å²) < 4.78 is 5.43. The van der Waals surface area contributed by atoms with E-state index in [4.69, 9.17) is 4.74 Å². The quantitative estimate of drug-likeness (QED) is 0.903. The van der Waals surface area contributed by atoms with Gasteiger partial charge in [-0.2, -0.15) is 0 Å². The van der Waals surface area contributed by atoms with Gasteiger partial charge in [0.15, 0.2) is 0 Å². The normalized spacial score (nSPS) is 20.5. The topological polar surface area (TPSA) is 41.6 Å². The smallest absolute Gasteiger partial charge is 0.407 e. The van der Waals surface area contributed by atoms with Crippen LogP contribution >= 0.6 is 0 Å². The Bertz CT molecular complexity index is 477. The third-order valence-electron chi connectivity index (χ3n) is 5.08. The summed E-state index contributed by atoms with van der Waals surface area (Å²) in [6.07, 6.45) is 6.67. The molecule has 1 saturated heterocycles. The molecule has 1 saturated carbocycles. The molecule has 0 aromatic heterocycles. The molecule has 1 N–H and O–H groups in total. The van der Waals surface area contributed by atoms with Gasteiger partial charge in [0, 0.05) is 12.6 Å². The van der Waals surface area contributed by atoms with E-state index >= 15 is 0 Å². The molecule has 1 aliphatic heterocycles. The van der Waals surface area contributed by atoms with Crippen molar-refractivity contribution in [3.05, 3.63) is 35.9 Å². The molecule has 4 heteroatoms. The first-order chi connectivity index (χ1) is 11.3. The molecule has 1 heterocycles. The highest BCUT2D eigenvalue weighted by molar-refractivity contribution is 5.67. The molecular weight excluding hydrogens is 288 g/mol. The zero-order chi connectivity index (χ0) is 15.9. The lowest BCUT2D eigenvalue weighted by Gasteiger charge is -2.31. The lowest BCUT2D eigenvalue weighted by Crippen LogP contribution is -2.37. The van der Waals surface area contributed by atoms with Crippen LogP contribution in [0.4, 0.5) is 4.79 Å². The minimum atomic E-state index is -0.219. The van der Waals surface area contributed by atoms with Gasteiger partial charge < -0.3 is 10.1 Å². The van der Waals surface area contributed by atoms with Gasteiger partial charge in [-0.15, -0.1) is 0 Å². The number of ether oxygens (including phenoxy) is 1. The fourth-order valence-electron chi connectivity index (χ4n) is 3.62. The van der Waals surface area contributed by atoms with Crippen molar-refractivity contribution >= 4 is 6.09 Å². The van der Waals surface area contributed by atoms with Gasteiger partial charge in [0.2, 0.25) is 0 Å². The zero-order valence-corrected chi connectivity index (χ0v) is 13.9. The molecule has 2 aliphatic rings. The minimum Gasteiger partial charge on any atom is -0.449 e. The molecule has 0 atom stereocenters. The van der Waals surface area contributed by atoms with Crippen LogP contribution < -0.4 is 5.32 Å². The number of nitrogens with one attached hydrogen (secondary N) is 1.